The molecular formula is C31H42BNO6. The van der Waals surface area contributed by atoms with Crippen molar-refractivity contribution in [3.8, 4) is 5.75 Å². The first-order valence-electron chi connectivity index (χ1n) is 14.4. The first-order valence-corrected chi connectivity index (χ1v) is 14.4. The molecule has 1 aliphatic carbocycles. The third-order valence-electron chi connectivity index (χ3n) is 8.62. The van der Waals surface area contributed by atoms with Gasteiger partial charge in [0.05, 0.1) is 29.5 Å². The minimum Gasteiger partial charge on any atom is -0.490 e. The first-order chi connectivity index (χ1) is 18.7. The number of ether oxygens (including phenoxy) is 3. The summed E-state index contributed by atoms with van der Waals surface area (Å²) in [5.41, 5.74) is 1.31. The molecule has 39 heavy (non-hydrogen) atoms. The molecule has 2 aliphatic heterocycles. The van der Waals surface area contributed by atoms with Crippen LogP contribution in [0.4, 0.5) is 4.79 Å². The van der Waals surface area contributed by atoms with E-state index in [4.69, 9.17) is 23.5 Å². The van der Waals surface area contributed by atoms with Crippen LogP contribution >= 0.6 is 0 Å². The van der Waals surface area contributed by atoms with E-state index in [1.54, 1.807) is 4.90 Å². The Kier molecular flexibility index (Phi) is 8.55. The number of hydrogen-bond acceptors (Lipinski definition) is 6. The number of carbonyl (C=O) groups excluding carboxylic acids is 1. The monoisotopic (exact) mass is 535 g/mol. The first kappa shape index (κ1) is 28.0. The second-order valence-electron chi connectivity index (χ2n) is 12.0. The molecule has 2 aromatic carbocycles. The summed E-state index contributed by atoms with van der Waals surface area (Å²) in [6.07, 6.45) is 6.09. The van der Waals surface area contributed by atoms with Crippen molar-refractivity contribution < 1.29 is 28.3 Å². The highest BCUT2D eigenvalue weighted by atomic mass is 16.7. The molecule has 5 rings (SSSR count). The molecule has 0 atom stereocenters. The van der Waals surface area contributed by atoms with E-state index in [-0.39, 0.29) is 42.7 Å². The predicted octanol–water partition coefficient (Wildman–Crippen LogP) is 5.49. The summed E-state index contributed by atoms with van der Waals surface area (Å²) in [6, 6.07) is 17.9. The van der Waals surface area contributed by atoms with Gasteiger partial charge in [-0.15, -0.1) is 0 Å². The molecule has 0 spiro atoms. The Bertz CT molecular complexity index is 1060. The summed E-state index contributed by atoms with van der Waals surface area (Å²) in [5.74, 6) is 0.881. The summed E-state index contributed by atoms with van der Waals surface area (Å²) in [7, 11) is -0.358. The Morgan fingerprint density at radius 3 is 2.00 bits per heavy atom. The normalized spacial score (nSPS) is 24.9. The van der Waals surface area contributed by atoms with Gasteiger partial charge in [0.2, 0.25) is 0 Å². The second kappa shape index (κ2) is 11.9. The van der Waals surface area contributed by atoms with Crippen LogP contribution in [0.3, 0.4) is 0 Å². The highest BCUT2D eigenvalue weighted by Gasteiger charge is 2.51. The lowest BCUT2D eigenvalue weighted by Gasteiger charge is -2.35. The maximum atomic E-state index is 12.4. The number of piperidine rings is 1. The number of amides is 1. The standard InChI is InChI=1S/C31H42BNO6/c1-30(2)31(3,4)39-32(38-30)24-10-12-25(13-11-24)36-26-14-16-27(17-15-26)37-28-18-20-33(21-19-28)29(34)35-22-23-8-6-5-7-9-23/h5-13,26-28H,14-22H2,1-4H3. The Hall–Kier alpha value is -2.55. The molecule has 0 aromatic heterocycles. The molecule has 3 fully saturated rings. The molecule has 1 saturated carbocycles. The molecule has 2 aromatic rings. The molecule has 0 N–H and O–H groups in total. The van der Waals surface area contributed by atoms with Crippen LogP contribution < -0.4 is 10.2 Å². The summed E-state index contributed by atoms with van der Waals surface area (Å²) in [4.78, 5) is 14.2. The van der Waals surface area contributed by atoms with Crippen molar-refractivity contribution in [2.45, 2.75) is 102 Å². The van der Waals surface area contributed by atoms with E-state index < -0.39 is 0 Å². The van der Waals surface area contributed by atoms with E-state index in [9.17, 15) is 4.79 Å². The van der Waals surface area contributed by atoms with E-state index in [0.717, 1.165) is 55.3 Å². The van der Waals surface area contributed by atoms with Gasteiger partial charge in [0, 0.05) is 13.1 Å². The fraction of sp³-hybridized carbons (Fsp3) is 0.581. The molecule has 0 radical (unpaired) electrons. The SMILES string of the molecule is CC1(C)OB(c2ccc(OC3CCC(OC4CCN(C(=O)OCc5ccccc5)CC4)CC3)cc2)OC1(C)C. The van der Waals surface area contributed by atoms with Gasteiger partial charge in [-0.3, -0.25) is 0 Å². The lowest BCUT2D eigenvalue weighted by Crippen LogP contribution is -2.42. The van der Waals surface area contributed by atoms with Crippen molar-refractivity contribution >= 4 is 18.7 Å². The molecule has 1 amide bonds. The smallest absolute Gasteiger partial charge is 0.490 e. The van der Waals surface area contributed by atoms with Crippen LogP contribution in [-0.4, -0.2) is 60.7 Å². The average Bonchev–Trinajstić information content (AvgIpc) is 3.16. The molecule has 8 heteroatoms. The molecule has 2 heterocycles. The van der Waals surface area contributed by atoms with E-state index in [1.807, 2.05) is 54.6 Å². The van der Waals surface area contributed by atoms with E-state index >= 15 is 0 Å². The van der Waals surface area contributed by atoms with Crippen molar-refractivity contribution in [2.24, 2.45) is 0 Å². The number of likely N-dealkylation sites (tertiary alicyclic amines) is 1. The Morgan fingerprint density at radius 2 is 1.38 bits per heavy atom. The largest absolute Gasteiger partial charge is 0.494 e. The lowest BCUT2D eigenvalue weighted by molar-refractivity contribution is -0.0652. The number of rotatable bonds is 7. The molecule has 0 unspecified atom stereocenters. The van der Waals surface area contributed by atoms with Crippen molar-refractivity contribution in [2.75, 3.05) is 13.1 Å². The van der Waals surface area contributed by atoms with Crippen LogP contribution in [-0.2, 0) is 25.4 Å². The molecule has 210 valence electrons. The topological polar surface area (TPSA) is 66.5 Å². The van der Waals surface area contributed by atoms with Gasteiger partial charge in [0.1, 0.15) is 12.4 Å². The number of nitrogens with zero attached hydrogens (tertiary/aromatic N) is 1. The molecular weight excluding hydrogens is 493 g/mol. The van der Waals surface area contributed by atoms with Gasteiger partial charge in [0.25, 0.3) is 0 Å². The van der Waals surface area contributed by atoms with Crippen LogP contribution in [0.15, 0.2) is 54.6 Å². The Labute approximate surface area is 233 Å². The zero-order valence-electron chi connectivity index (χ0n) is 23.8. The zero-order valence-corrected chi connectivity index (χ0v) is 23.8. The molecule has 2 saturated heterocycles. The molecule has 0 bridgehead atoms. The van der Waals surface area contributed by atoms with Gasteiger partial charge < -0.3 is 28.4 Å². The third kappa shape index (κ3) is 6.97. The summed E-state index contributed by atoms with van der Waals surface area (Å²) in [6.45, 7) is 9.94. The predicted molar refractivity (Wildman–Crippen MR) is 151 cm³/mol. The van der Waals surface area contributed by atoms with E-state index in [0.29, 0.717) is 19.7 Å². The van der Waals surface area contributed by atoms with Gasteiger partial charge in [0.15, 0.2) is 0 Å². The van der Waals surface area contributed by atoms with Gasteiger partial charge >= 0.3 is 13.2 Å². The maximum Gasteiger partial charge on any atom is 0.494 e. The summed E-state index contributed by atoms with van der Waals surface area (Å²) in [5, 5.41) is 0. The Morgan fingerprint density at radius 1 is 0.821 bits per heavy atom. The third-order valence-corrected chi connectivity index (χ3v) is 8.62. The van der Waals surface area contributed by atoms with Crippen LogP contribution in [0, 0.1) is 0 Å². The number of hydrogen-bond donors (Lipinski definition) is 0. The fourth-order valence-corrected chi connectivity index (χ4v) is 5.42. The van der Waals surface area contributed by atoms with Gasteiger partial charge in [-0.05, 0) is 89.4 Å². The summed E-state index contributed by atoms with van der Waals surface area (Å²) < 4.78 is 30.5. The van der Waals surface area contributed by atoms with E-state index in [1.165, 1.54) is 0 Å². The second-order valence-corrected chi connectivity index (χ2v) is 12.0. The van der Waals surface area contributed by atoms with E-state index in [2.05, 4.69) is 27.7 Å². The average molecular weight is 535 g/mol. The fourth-order valence-electron chi connectivity index (χ4n) is 5.42. The van der Waals surface area contributed by atoms with Crippen molar-refractivity contribution in [1.29, 1.82) is 0 Å². The van der Waals surface area contributed by atoms with Crippen LogP contribution in [0.5, 0.6) is 5.75 Å². The van der Waals surface area contributed by atoms with Crippen molar-refractivity contribution in [3.05, 3.63) is 60.2 Å². The maximum absolute atomic E-state index is 12.4. The lowest BCUT2D eigenvalue weighted by atomic mass is 9.79. The highest BCUT2D eigenvalue weighted by molar-refractivity contribution is 6.62. The van der Waals surface area contributed by atoms with Gasteiger partial charge in [-0.1, -0.05) is 42.5 Å². The number of carbonyl (C=O) groups is 1. The van der Waals surface area contributed by atoms with Gasteiger partial charge in [-0.2, -0.15) is 0 Å². The molecule has 7 nitrogen and oxygen atoms in total. The summed E-state index contributed by atoms with van der Waals surface area (Å²) >= 11 is 0. The molecule has 3 aliphatic rings. The van der Waals surface area contributed by atoms with Crippen LogP contribution in [0.2, 0.25) is 0 Å². The zero-order chi connectivity index (χ0) is 27.5. The highest BCUT2D eigenvalue weighted by Crippen LogP contribution is 2.36. The van der Waals surface area contributed by atoms with Crippen LogP contribution in [0.25, 0.3) is 0 Å². The number of benzene rings is 2. The van der Waals surface area contributed by atoms with Crippen molar-refractivity contribution in [3.63, 3.8) is 0 Å². The van der Waals surface area contributed by atoms with Crippen molar-refractivity contribution in [1.82, 2.24) is 4.90 Å². The minimum absolute atomic E-state index is 0.202. The van der Waals surface area contributed by atoms with Gasteiger partial charge in [-0.25, -0.2) is 4.79 Å². The minimum atomic E-state index is -0.358. The Balaban J connectivity index is 0.996. The van der Waals surface area contributed by atoms with Crippen LogP contribution in [0.1, 0.15) is 71.8 Å². The quantitative estimate of drug-likeness (QED) is 0.437.